The van der Waals surface area contributed by atoms with Crippen molar-refractivity contribution in [2.24, 2.45) is 0 Å². The predicted octanol–water partition coefficient (Wildman–Crippen LogP) is 2.21. The van der Waals surface area contributed by atoms with E-state index in [1.165, 1.54) is 6.08 Å². The molecule has 2 fully saturated rings. The molecule has 1 heterocycles. The van der Waals surface area contributed by atoms with E-state index in [-0.39, 0.29) is 36.1 Å². The van der Waals surface area contributed by atoms with E-state index in [1.807, 2.05) is 12.1 Å². The van der Waals surface area contributed by atoms with Crippen LogP contribution in [-0.4, -0.2) is 62.5 Å². The molecule has 1 aliphatic heterocycles. The van der Waals surface area contributed by atoms with E-state index in [1.54, 1.807) is 30.2 Å². The summed E-state index contributed by atoms with van der Waals surface area (Å²) < 4.78 is 34.1. The number of benzene rings is 1. The summed E-state index contributed by atoms with van der Waals surface area (Å²) in [7, 11) is -1.56. The van der Waals surface area contributed by atoms with Crippen LogP contribution in [0.25, 0.3) is 6.08 Å². The maximum absolute atomic E-state index is 12.8. The number of hydrogen-bond acceptors (Lipinski definition) is 6. The molecule has 0 aromatic heterocycles. The topological polar surface area (TPSA) is 90.0 Å². The molecule has 0 spiro atoms. The molecule has 1 amide bonds. The number of nitrogens with zero attached hydrogens (tertiary/aromatic N) is 1. The number of para-hydroxylation sites is 1. The Bertz CT molecular complexity index is 873. The van der Waals surface area contributed by atoms with Crippen LogP contribution in [0.2, 0.25) is 0 Å². The number of carbonyl (C=O) groups excluding carboxylic acids is 2. The highest BCUT2D eigenvalue weighted by Gasteiger charge is 2.39. The highest BCUT2D eigenvalue weighted by Crippen LogP contribution is 2.29. The van der Waals surface area contributed by atoms with Crippen molar-refractivity contribution in [2.75, 3.05) is 25.2 Å². The van der Waals surface area contributed by atoms with Crippen LogP contribution in [-0.2, 0) is 24.2 Å². The van der Waals surface area contributed by atoms with Gasteiger partial charge in [-0.2, -0.15) is 0 Å². The maximum Gasteiger partial charge on any atom is 0.331 e. The van der Waals surface area contributed by atoms with Crippen LogP contribution in [0.4, 0.5) is 0 Å². The molecule has 1 aromatic rings. The molecule has 8 heteroatoms. The number of hydrogen-bond donors (Lipinski definition) is 0. The standard InChI is InChI=1S/C21H27NO6S/c1-27-19-9-5-2-6-16(19)10-11-21(24)28-14-20(23)22(17-7-3-4-8-17)18-12-13-29(25,26)15-18/h2,5-6,9-11,17-18H,3-4,7-8,12-15H2,1H3/b11-10+/t18-/m1/s1. The zero-order valence-electron chi connectivity index (χ0n) is 16.6. The highest BCUT2D eigenvalue weighted by molar-refractivity contribution is 7.91. The quantitative estimate of drug-likeness (QED) is 0.495. The van der Waals surface area contributed by atoms with Gasteiger partial charge in [0, 0.05) is 23.7 Å². The van der Waals surface area contributed by atoms with Crippen LogP contribution in [0, 0.1) is 0 Å². The lowest BCUT2D eigenvalue weighted by molar-refractivity contribution is -0.150. The van der Waals surface area contributed by atoms with E-state index >= 15 is 0 Å². The minimum atomic E-state index is -3.11. The smallest absolute Gasteiger partial charge is 0.331 e. The van der Waals surface area contributed by atoms with Gasteiger partial charge in [0.05, 0.1) is 18.6 Å². The van der Waals surface area contributed by atoms with E-state index in [2.05, 4.69) is 0 Å². The van der Waals surface area contributed by atoms with Crippen molar-refractivity contribution in [2.45, 2.75) is 44.2 Å². The van der Waals surface area contributed by atoms with Gasteiger partial charge >= 0.3 is 5.97 Å². The monoisotopic (exact) mass is 421 g/mol. The molecule has 0 bridgehead atoms. The van der Waals surface area contributed by atoms with Gasteiger partial charge in [-0.15, -0.1) is 0 Å². The van der Waals surface area contributed by atoms with Crippen molar-refractivity contribution in [3.05, 3.63) is 35.9 Å². The number of esters is 1. The Hall–Kier alpha value is -2.35. The summed E-state index contributed by atoms with van der Waals surface area (Å²) in [5.41, 5.74) is 0.724. The van der Waals surface area contributed by atoms with Gasteiger partial charge in [-0.1, -0.05) is 31.0 Å². The first-order valence-electron chi connectivity index (χ1n) is 9.89. The largest absolute Gasteiger partial charge is 0.496 e. The van der Waals surface area contributed by atoms with Gasteiger partial charge in [0.1, 0.15) is 5.75 Å². The predicted molar refractivity (Wildman–Crippen MR) is 109 cm³/mol. The summed E-state index contributed by atoms with van der Waals surface area (Å²) in [5.74, 6) is -0.220. The number of ether oxygens (including phenoxy) is 2. The fourth-order valence-electron chi connectivity index (χ4n) is 4.10. The molecule has 3 rings (SSSR count). The summed E-state index contributed by atoms with van der Waals surface area (Å²) in [6.45, 7) is -0.387. The number of carbonyl (C=O) groups is 2. The average Bonchev–Trinajstić information content (AvgIpc) is 3.35. The summed E-state index contributed by atoms with van der Waals surface area (Å²) in [4.78, 5) is 26.6. The zero-order valence-corrected chi connectivity index (χ0v) is 17.4. The lowest BCUT2D eigenvalue weighted by Gasteiger charge is -2.33. The Kier molecular flexibility index (Phi) is 6.95. The second kappa shape index (κ2) is 9.43. The van der Waals surface area contributed by atoms with Gasteiger partial charge in [0.2, 0.25) is 0 Å². The van der Waals surface area contributed by atoms with Crippen molar-refractivity contribution >= 4 is 27.8 Å². The minimum absolute atomic E-state index is 0.00308. The molecule has 1 aromatic carbocycles. The second-order valence-corrected chi connectivity index (χ2v) is 9.71. The molecule has 29 heavy (non-hydrogen) atoms. The molecule has 7 nitrogen and oxygen atoms in total. The number of sulfone groups is 1. The second-order valence-electron chi connectivity index (χ2n) is 7.48. The van der Waals surface area contributed by atoms with Crippen molar-refractivity contribution in [1.82, 2.24) is 4.90 Å². The van der Waals surface area contributed by atoms with Crippen LogP contribution < -0.4 is 4.74 Å². The van der Waals surface area contributed by atoms with Gasteiger partial charge < -0.3 is 14.4 Å². The first kappa shape index (κ1) is 21.4. The molecule has 0 unspecified atom stereocenters. The van der Waals surface area contributed by atoms with E-state index in [0.29, 0.717) is 12.2 Å². The fraction of sp³-hybridized carbons (Fsp3) is 0.524. The van der Waals surface area contributed by atoms with Crippen LogP contribution >= 0.6 is 0 Å². The van der Waals surface area contributed by atoms with Crippen molar-refractivity contribution in [3.63, 3.8) is 0 Å². The minimum Gasteiger partial charge on any atom is -0.496 e. The molecule has 1 saturated heterocycles. The maximum atomic E-state index is 12.8. The van der Waals surface area contributed by atoms with Gasteiger partial charge in [-0.3, -0.25) is 4.79 Å². The highest BCUT2D eigenvalue weighted by atomic mass is 32.2. The molecule has 1 atom stereocenters. The normalized spacial score (nSPS) is 21.3. The Morgan fingerprint density at radius 2 is 1.86 bits per heavy atom. The lowest BCUT2D eigenvalue weighted by atomic mass is 10.1. The van der Waals surface area contributed by atoms with E-state index in [0.717, 1.165) is 31.2 Å². The Balaban J connectivity index is 1.60. The Morgan fingerprint density at radius 1 is 1.14 bits per heavy atom. The first-order valence-corrected chi connectivity index (χ1v) is 11.7. The summed E-state index contributed by atoms with van der Waals surface area (Å²) >= 11 is 0. The molecule has 0 radical (unpaired) electrons. The van der Waals surface area contributed by atoms with Crippen LogP contribution in [0.5, 0.6) is 5.75 Å². The summed E-state index contributed by atoms with van der Waals surface area (Å²) in [5, 5.41) is 0. The lowest BCUT2D eigenvalue weighted by Crippen LogP contribution is -2.48. The van der Waals surface area contributed by atoms with Crippen LogP contribution in [0.1, 0.15) is 37.7 Å². The van der Waals surface area contributed by atoms with Crippen molar-refractivity contribution in [1.29, 1.82) is 0 Å². The number of rotatable bonds is 7. The molecule has 158 valence electrons. The molecular formula is C21H27NO6S. The van der Waals surface area contributed by atoms with Crippen molar-refractivity contribution < 1.29 is 27.5 Å². The molecule has 1 saturated carbocycles. The Labute approximate surface area is 171 Å². The van der Waals surface area contributed by atoms with Gasteiger partial charge in [-0.25, -0.2) is 13.2 Å². The van der Waals surface area contributed by atoms with Crippen LogP contribution in [0.3, 0.4) is 0 Å². The SMILES string of the molecule is COc1ccccc1/C=C/C(=O)OCC(=O)N(C1CCCC1)[C@@H]1CCS(=O)(=O)C1. The first-order chi connectivity index (χ1) is 13.9. The van der Waals surface area contributed by atoms with E-state index < -0.39 is 15.8 Å². The average molecular weight is 422 g/mol. The third-order valence-electron chi connectivity index (χ3n) is 5.48. The molecular weight excluding hydrogens is 394 g/mol. The third kappa shape index (κ3) is 5.59. The van der Waals surface area contributed by atoms with E-state index in [9.17, 15) is 18.0 Å². The van der Waals surface area contributed by atoms with Gasteiger partial charge in [-0.05, 0) is 31.4 Å². The Morgan fingerprint density at radius 3 is 2.52 bits per heavy atom. The van der Waals surface area contributed by atoms with E-state index in [4.69, 9.17) is 9.47 Å². The van der Waals surface area contributed by atoms with Gasteiger partial charge in [0.15, 0.2) is 16.4 Å². The number of methoxy groups -OCH3 is 1. The van der Waals surface area contributed by atoms with Crippen molar-refractivity contribution in [3.8, 4) is 5.75 Å². The summed E-state index contributed by atoms with van der Waals surface area (Å²) in [6.07, 6.45) is 7.06. The van der Waals surface area contributed by atoms with Gasteiger partial charge in [0.25, 0.3) is 5.91 Å². The fourth-order valence-corrected chi connectivity index (χ4v) is 5.81. The number of amides is 1. The van der Waals surface area contributed by atoms with Crippen LogP contribution in [0.15, 0.2) is 30.3 Å². The molecule has 1 aliphatic carbocycles. The molecule has 2 aliphatic rings. The third-order valence-corrected chi connectivity index (χ3v) is 7.23. The zero-order chi connectivity index (χ0) is 20.9. The summed E-state index contributed by atoms with van der Waals surface area (Å²) in [6, 6.07) is 6.95. The molecule has 0 N–H and O–H groups in total.